The van der Waals surface area contributed by atoms with Crippen molar-refractivity contribution in [2.45, 2.75) is 13.1 Å². The van der Waals surface area contributed by atoms with Crippen LogP contribution >= 0.6 is 11.6 Å². The average Bonchev–Trinajstić information content (AvgIpc) is 2.77. The lowest BCUT2D eigenvalue weighted by molar-refractivity contribution is 0.0784. The molecule has 168 valence electrons. The van der Waals surface area contributed by atoms with E-state index < -0.39 is 10.0 Å². The first-order valence-electron chi connectivity index (χ1n) is 9.88. The van der Waals surface area contributed by atoms with E-state index in [1.54, 1.807) is 67.6 Å². The van der Waals surface area contributed by atoms with Crippen LogP contribution in [0.15, 0.2) is 72.8 Å². The maximum Gasteiger partial charge on any atom is 0.253 e. The zero-order valence-corrected chi connectivity index (χ0v) is 19.7. The molecule has 1 amide bonds. The second kappa shape index (κ2) is 10.1. The van der Waals surface area contributed by atoms with E-state index in [1.807, 2.05) is 24.3 Å². The minimum Gasteiger partial charge on any atom is -0.496 e. The van der Waals surface area contributed by atoms with E-state index in [1.165, 1.54) is 4.31 Å². The third kappa shape index (κ3) is 5.81. The normalized spacial score (nSPS) is 11.1. The van der Waals surface area contributed by atoms with Crippen molar-refractivity contribution in [1.29, 1.82) is 0 Å². The van der Waals surface area contributed by atoms with Gasteiger partial charge >= 0.3 is 0 Å². The Morgan fingerprint density at radius 1 is 0.969 bits per heavy atom. The molecule has 3 aromatic rings. The van der Waals surface area contributed by atoms with Gasteiger partial charge in [0, 0.05) is 29.7 Å². The van der Waals surface area contributed by atoms with Gasteiger partial charge in [-0.05, 0) is 42.0 Å². The number of anilines is 1. The van der Waals surface area contributed by atoms with E-state index >= 15 is 0 Å². The van der Waals surface area contributed by atoms with Gasteiger partial charge < -0.3 is 9.64 Å². The number of sulfonamides is 1. The Kier molecular flexibility index (Phi) is 7.43. The number of benzene rings is 3. The second-order valence-electron chi connectivity index (χ2n) is 7.42. The molecule has 0 aliphatic rings. The Bertz CT molecular complexity index is 1200. The number of nitrogens with zero attached hydrogens (tertiary/aromatic N) is 2. The summed E-state index contributed by atoms with van der Waals surface area (Å²) in [5, 5.41) is 0.454. The highest BCUT2D eigenvalue weighted by molar-refractivity contribution is 7.92. The summed E-state index contributed by atoms with van der Waals surface area (Å²) in [5.41, 5.74) is 2.66. The summed E-state index contributed by atoms with van der Waals surface area (Å²) in [5.74, 6) is 0.585. The molecular formula is C24H25ClN2O4S. The molecular weight excluding hydrogens is 448 g/mol. The van der Waals surface area contributed by atoms with Crippen molar-refractivity contribution in [1.82, 2.24) is 4.90 Å². The molecule has 0 spiro atoms. The van der Waals surface area contributed by atoms with Crippen LogP contribution in [0.5, 0.6) is 5.75 Å². The molecule has 3 aromatic carbocycles. The van der Waals surface area contributed by atoms with Gasteiger partial charge in [0.15, 0.2) is 0 Å². The molecule has 0 aliphatic heterocycles. The second-order valence-corrected chi connectivity index (χ2v) is 9.76. The molecule has 0 radical (unpaired) electrons. The predicted octanol–water partition coefficient (Wildman–Crippen LogP) is 4.59. The first kappa shape index (κ1) is 23.6. The lowest BCUT2D eigenvalue weighted by Crippen LogP contribution is -2.29. The lowest BCUT2D eigenvalue weighted by atomic mass is 10.1. The standard InChI is InChI=1S/C24H25ClN2O4S/c1-26(17-20-7-4-5-10-23(20)31-2)24(28)19-13-11-18(12-14-19)16-27(32(3,29)30)22-9-6-8-21(25)15-22/h4-15H,16-17H2,1-3H3. The Balaban J connectivity index is 1.75. The average molecular weight is 473 g/mol. The van der Waals surface area contributed by atoms with Gasteiger partial charge in [-0.3, -0.25) is 9.10 Å². The van der Waals surface area contributed by atoms with Crippen molar-refractivity contribution in [2.24, 2.45) is 0 Å². The summed E-state index contributed by atoms with van der Waals surface area (Å²) in [6, 6.07) is 21.2. The number of ether oxygens (including phenoxy) is 1. The monoisotopic (exact) mass is 472 g/mol. The van der Waals surface area contributed by atoms with Crippen LogP contribution in [0.2, 0.25) is 5.02 Å². The van der Waals surface area contributed by atoms with E-state index in [9.17, 15) is 13.2 Å². The zero-order chi connectivity index (χ0) is 23.3. The molecule has 8 heteroatoms. The number of amides is 1. The highest BCUT2D eigenvalue weighted by Crippen LogP contribution is 2.24. The molecule has 0 atom stereocenters. The van der Waals surface area contributed by atoms with Crippen LogP contribution in [0.4, 0.5) is 5.69 Å². The van der Waals surface area contributed by atoms with Gasteiger partial charge in [0.1, 0.15) is 5.75 Å². The molecule has 32 heavy (non-hydrogen) atoms. The van der Waals surface area contributed by atoms with Gasteiger partial charge in [0.25, 0.3) is 5.91 Å². The third-order valence-electron chi connectivity index (χ3n) is 4.97. The predicted molar refractivity (Wildman–Crippen MR) is 128 cm³/mol. The Morgan fingerprint density at radius 3 is 2.28 bits per heavy atom. The van der Waals surface area contributed by atoms with E-state index in [0.29, 0.717) is 22.8 Å². The maximum absolute atomic E-state index is 12.9. The molecule has 0 N–H and O–H groups in total. The van der Waals surface area contributed by atoms with Gasteiger partial charge in [0.05, 0.1) is 25.6 Å². The number of methoxy groups -OCH3 is 1. The van der Waals surface area contributed by atoms with Crippen molar-refractivity contribution in [3.63, 3.8) is 0 Å². The molecule has 0 saturated heterocycles. The van der Waals surface area contributed by atoms with Gasteiger partial charge in [-0.2, -0.15) is 0 Å². The van der Waals surface area contributed by atoms with Gasteiger partial charge in [-0.1, -0.05) is 48.0 Å². The van der Waals surface area contributed by atoms with Crippen molar-refractivity contribution in [2.75, 3.05) is 24.7 Å². The maximum atomic E-state index is 12.9. The zero-order valence-electron chi connectivity index (χ0n) is 18.2. The van der Waals surface area contributed by atoms with Crippen LogP contribution in [0, 0.1) is 0 Å². The van der Waals surface area contributed by atoms with Crippen LogP contribution in [-0.4, -0.2) is 39.6 Å². The number of para-hydroxylation sites is 1. The fraction of sp³-hybridized carbons (Fsp3) is 0.208. The molecule has 6 nitrogen and oxygen atoms in total. The van der Waals surface area contributed by atoms with Gasteiger partial charge in [-0.15, -0.1) is 0 Å². The summed E-state index contributed by atoms with van der Waals surface area (Å²) < 4.78 is 31.3. The first-order chi connectivity index (χ1) is 15.2. The number of rotatable bonds is 8. The highest BCUT2D eigenvalue weighted by Gasteiger charge is 2.19. The smallest absolute Gasteiger partial charge is 0.253 e. The summed E-state index contributed by atoms with van der Waals surface area (Å²) >= 11 is 6.03. The largest absolute Gasteiger partial charge is 0.496 e. The topological polar surface area (TPSA) is 66.9 Å². The Hall–Kier alpha value is -3.03. The molecule has 3 rings (SSSR count). The quantitative estimate of drug-likeness (QED) is 0.481. The summed E-state index contributed by atoms with van der Waals surface area (Å²) in [6.07, 6.45) is 1.15. The lowest BCUT2D eigenvalue weighted by Gasteiger charge is -2.23. The summed E-state index contributed by atoms with van der Waals surface area (Å²) in [4.78, 5) is 14.5. The first-order valence-corrected chi connectivity index (χ1v) is 12.1. The molecule has 0 unspecified atom stereocenters. The summed E-state index contributed by atoms with van der Waals surface area (Å²) in [7, 11) is -0.197. The minimum absolute atomic E-state index is 0.130. The molecule has 0 heterocycles. The number of hydrogen-bond donors (Lipinski definition) is 0. The van der Waals surface area contributed by atoms with Crippen LogP contribution in [0.3, 0.4) is 0 Å². The highest BCUT2D eigenvalue weighted by atomic mass is 35.5. The third-order valence-corrected chi connectivity index (χ3v) is 6.35. The van der Waals surface area contributed by atoms with Gasteiger partial charge in [-0.25, -0.2) is 8.42 Å². The molecule has 0 bridgehead atoms. The van der Waals surface area contributed by atoms with Crippen LogP contribution in [-0.2, 0) is 23.1 Å². The SMILES string of the molecule is COc1ccccc1CN(C)C(=O)c1ccc(CN(c2cccc(Cl)c2)S(C)(=O)=O)cc1. The van der Waals surface area contributed by atoms with E-state index in [2.05, 4.69) is 0 Å². The van der Waals surface area contributed by atoms with Crippen LogP contribution < -0.4 is 9.04 Å². The van der Waals surface area contributed by atoms with Crippen molar-refractivity contribution >= 4 is 33.2 Å². The van der Waals surface area contributed by atoms with E-state index in [4.69, 9.17) is 16.3 Å². The minimum atomic E-state index is -3.53. The Morgan fingerprint density at radius 2 is 1.66 bits per heavy atom. The fourth-order valence-corrected chi connectivity index (χ4v) is 4.40. The van der Waals surface area contributed by atoms with Crippen LogP contribution in [0.1, 0.15) is 21.5 Å². The fourth-order valence-electron chi connectivity index (χ4n) is 3.33. The molecule has 0 aromatic heterocycles. The number of carbonyl (C=O) groups is 1. The molecule has 0 saturated carbocycles. The van der Waals surface area contributed by atoms with Crippen LogP contribution in [0.25, 0.3) is 0 Å². The number of halogens is 1. The molecule has 0 fully saturated rings. The van der Waals surface area contributed by atoms with E-state index in [0.717, 1.165) is 23.1 Å². The van der Waals surface area contributed by atoms with Crippen molar-refractivity contribution in [3.05, 3.63) is 94.5 Å². The molecule has 0 aliphatic carbocycles. The number of hydrogen-bond acceptors (Lipinski definition) is 4. The van der Waals surface area contributed by atoms with Crippen molar-refractivity contribution < 1.29 is 17.9 Å². The summed E-state index contributed by atoms with van der Waals surface area (Å²) in [6.45, 7) is 0.534. The Labute approximate surface area is 194 Å². The number of carbonyl (C=O) groups excluding carboxylic acids is 1. The van der Waals surface area contributed by atoms with Crippen molar-refractivity contribution in [3.8, 4) is 5.75 Å². The van der Waals surface area contributed by atoms with E-state index in [-0.39, 0.29) is 12.5 Å². The van der Waals surface area contributed by atoms with Gasteiger partial charge in [0.2, 0.25) is 10.0 Å².